The number of allylic oxidation sites excluding steroid dienone is 1. The molecule has 0 amide bonds. The van der Waals surface area contributed by atoms with Crippen LogP contribution in [0.5, 0.6) is 0 Å². The molecule has 0 saturated heterocycles. The summed E-state index contributed by atoms with van der Waals surface area (Å²) in [6.07, 6.45) is 4.87. The highest BCUT2D eigenvalue weighted by molar-refractivity contribution is 7.99. The van der Waals surface area contributed by atoms with E-state index in [1.54, 1.807) is 11.8 Å². The molecule has 1 atom stereocenters. The Morgan fingerprint density at radius 3 is 2.62 bits per heavy atom. The zero-order valence-corrected chi connectivity index (χ0v) is 18.5. The van der Waals surface area contributed by atoms with Gasteiger partial charge in [-0.2, -0.15) is 4.98 Å². The van der Waals surface area contributed by atoms with Crippen molar-refractivity contribution in [2.45, 2.75) is 64.6 Å². The molecule has 0 saturated carbocycles. The minimum Gasteiger partial charge on any atom is -0.463 e. The second kappa shape index (κ2) is 9.96. The van der Waals surface area contributed by atoms with Crippen LogP contribution in [0.2, 0.25) is 0 Å². The molecule has 0 aliphatic carbocycles. The summed E-state index contributed by atoms with van der Waals surface area (Å²) in [4.78, 5) is 17.4. The molecular formula is C22H30N4O2S. The number of nitrogens with zero attached hydrogens (tertiary/aromatic N) is 3. The third-order valence-corrected chi connectivity index (χ3v) is 5.87. The first-order valence-corrected chi connectivity index (χ1v) is 11.3. The van der Waals surface area contributed by atoms with Crippen LogP contribution in [0.25, 0.3) is 0 Å². The van der Waals surface area contributed by atoms with Gasteiger partial charge in [0.15, 0.2) is 0 Å². The van der Waals surface area contributed by atoms with E-state index in [0.29, 0.717) is 18.1 Å². The Hall–Kier alpha value is -2.28. The number of ether oxygens (including phenoxy) is 1. The maximum Gasteiger partial charge on any atom is 0.338 e. The average molecular weight is 415 g/mol. The van der Waals surface area contributed by atoms with Gasteiger partial charge in [-0.3, -0.25) is 0 Å². The van der Waals surface area contributed by atoms with Crippen LogP contribution < -0.4 is 5.32 Å². The molecule has 1 aliphatic rings. The fourth-order valence-electron chi connectivity index (χ4n) is 3.41. The van der Waals surface area contributed by atoms with Gasteiger partial charge in [-0.1, -0.05) is 67.8 Å². The van der Waals surface area contributed by atoms with Crippen molar-refractivity contribution in [1.82, 2.24) is 14.8 Å². The molecule has 0 radical (unpaired) electrons. The number of anilines is 1. The molecule has 29 heavy (non-hydrogen) atoms. The van der Waals surface area contributed by atoms with E-state index < -0.39 is 0 Å². The number of aromatic nitrogens is 3. The molecule has 0 spiro atoms. The molecule has 1 aromatic heterocycles. The quantitative estimate of drug-likeness (QED) is 0.349. The van der Waals surface area contributed by atoms with Crippen LogP contribution in [0.15, 0.2) is 40.7 Å². The first-order valence-electron chi connectivity index (χ1n) is 10.4. The fourth-order valence-corrected chi connectivity index (χ4v) is 4.24. The third-order valence-electron chi connectivity index (χ3n) is 4.95. The lowest BCUT2D eigenvalue weighted by atomic mass is 9.95. The number of hydrogen-bond donors (Lipinski definition) is 1. The van der Waals surface area contributed by atoms with E-state index in [-0.39, 0.29) is 12.0 Å². The molecule has 1 N–H and O–H groups in total. The Balaban J connectivity index is 1.91. The Morgan fingerprint density at radius 1 is 1.17 bits per heavy atom. The number of nitrogens with one attached hydrogen (secondary N) is 1. The van der Waals surface area contributed by atoms with Gasteiger partial charge in [-0.15, -0.1) is 5.10 Å². The molecule has 7 heteroatoms. The predicted octanol–water partition coefficient (Wildman–Crippen LogP) is 5.11. The van der Waals surface area contributed by atoms with E-state index in [9.17, 15) is 4.79 Å². The summed E-state index contributed by atoms with van der Waals surface area (Å²) in [5.74, 6) is 1.34. The van der Waals surface area contributed by atoms with Gasteiger partial charge in [0, 0.05) is 11.4 Å². The first kappa shape index (κ1) is 21.4. The Labute approximate surface area is 177 Å². The lowest BCUT2D eigenvalue weighted by molar-refractivity contribution is -0.139. The molecule has 0 unspecified atom stereocenters. The molecule has 156 valence electrons. The van der Waals surface area contributed by atoms with Crippen molar-refractivity contribution in [2.75, 3.05) is 17.7 Å². The molecular weight excluding hydrogens is 384 g/mol. The van der Waals surface area contributed by atoms with Gasteiger partial charge >= 0.3 is 5.97 Å². The number of aryl methyl sites for hydroxylation is 1. The highest BCUT2D eigenvalue weighted by Crippen LogP contribution is 2.36. The van der Waals surface area contributed by atoms with Gasteiger partial charge in [-0.05, 0) is 32.8 Å². The molecule has 2 heterocycles. The van der Waals surface area contributed by atoms with Gasteiger partial charge in [0.25, 0.3) is 0 Å². The molecule has 2 aromatic rings. The van der Waals surface area contributed by atoms with Crippen LogP contribution in [0.4, 0.5) is 5.95 Å². The van der Waals surface area contributed by atoms with E-state index in [1.165, 1.54) is 24.8 Å². The standard InChI is InChI=1S/C22H30N4O2S/c1-5-7-8-9-14-29-22-24-21-23-16(4)18(20(27)28-6-2)19(26(21)25-22)17-12-10-15(3)11-13-17/h10-13,19H,5-9,14H2,1-4H3,(H,23,24,25)/t19-/m0/s1. The molecule has 3 rings (SSSR count). The van der Waals surface area contributed by atoms with Crippen LogP contribution >= 0.6 is 11.8 Å². The first-order chi connectivity index (χ1) is 14.0. The van der Waals surface area contributed by atoms with E-state index in [0.717, 1.165) is 28.6 Å². The van der Waals surface area contributed by atoms with Crippen molar-refractivity contribution in [3.8, 4) is 0 Å². The topological polar surface area (TPSA) is 69.0 Å². The smallest absolute Gasteiger partial charge is 0.338 e. The largest absolute Gasteiger partial charge is 0.463 e. The summed E-state index contributed by atoms with van der Waals surface area (Å²) in [6.45, 7) is 8.31. The Kier molecular flexibility index (Phi) is 7.36. The number of rotatable bonds is 9. The SMILES string of the molecule is CCCCCCSc1nc2n(n1)[C@@H](c1ccc(C)cc1)C(C(=O)OCC)=C(C)N2. The number of fused-ring (bicyclic) bond motifs is 1. The maximum absolute atomic E-state index is 12.8. The van der Waals surface area contributed by atoms with E-state index in [4.69, 9.17) is 9.84 Å². The average Bonchev–Trinajstić information content (AvgIpc) is 3.10. The van der Waals surface area contributed by atoms with Crippen LogP contribution in [0.1, 0.15) is 63.6 Å². The van der Waals surface area contributed by atoms with E-state index in [2.05, 4.69) is 29.4 Å². The second-order valence-electron chi connectivity index (χ2n) is 7.27. The number of benzene rings is 1. The van der Waals surface area contributed by atoms with Crippen molar-refractivity contribution in [1.29, 1.82) is 0 Å². The number of thioether (sulfide) groups is 1. The van der Waals surface area contributed by atoms with E-state index in [1.807, 2.05) is 37.6 Å². The number of carbonyl (C=O) groups excluding carboxylic acids is 1. The minimum atomic E-state index is -0.354. The van der Waals surface area contributed by atoms with Gasteiger partial charge < -0.3 is 10.1 Å². The second-order valence-corrected chi connectivity index (χ2v) is 8.33. The summed E-state index contributed by atoms with van der Waals surface area (Å²) in [5, 5.41) is 8.72. The monoisotopic (exact) mass is 414 g/mol. The van der Waals surface area contributed by atoms with Crippen LogP contribution in [-0.4, -0.2) is 33.1 Å². The third kappa shape index (κ3) is 5.01. The summed E-state index contributed by atoms with van der Waals surface area (Å²) >= 11 is 1.67. The molecule has 0 fully saturated rings. The summed E-state index contributed by atoms with van der Waals surface area (Å²) in [5.41, 5.74) is 3.49. The van der Waals surface area contributed by atoms with Crippen molar-refractivity contribution < 1.29 is 9.53 Å². The Bertz CT molecular complexity index is 873. The van der Waals surface area contributed by atoms with Gasteiger partial charge in [-0.25, -0.2) is 9.48 Å². The summed E-state index contributed by atoms with van der Waals surface area (Å²) in [6, 6.07) is 7.83. The summed E-state index contributed by atoms with van der Waals surface area (Å²) < 4.78 is 7.17. The zero-order valence-electron chi connectivity index (χ0n) is 17.7. The van der Waals surface area contributed by atoms with Crippen LogP contribution in [-0.2, 0) is 9.53 Å². The normalized spacial score (nSPS) is 15.8. The van der Waals surface area contributed by atoms with Crippen molar-refractivity contribution >= 4 is 23.7 Å². The van der Waals surface area contributed by atoms with Gasteiger partial charge in [0.05, 0.1) is 12.2 Å². The highest BCUT2D eigenvalue weighted by Gasteiger charge is 2.35. The van der Waals surface area contributed by atoms with Gasteiger partial charge in [0.2, 0.25) is 11.1 Å². The highest BCUT2D eigenvalue weighted by atomic mass is 32.2. The fraction of sp³-hybridized carbons (Fsp3) is 0.500. The molecule has 1 aromatic carbocycles. The summed E-state index contributed by atoms with van der Waals surface area (Å²) in [7, 11) is 0. The van der Waals surface area contributed by atoms with Crippen molar-refractivity contribution in [3.63, 3.8) is 0 Å². The van der Waals surface area contributed by atoms with Gasteiger partial charge in [0.1, 0.15) is 6.04 Å². The predicted molar refractivity (Wildman–Crippen MR) is 117 cm³/mol. The molecule has 6 nitrogen and oxygen atoms in total. The molecule has 0 bridgehead atoms. The van der Waals surface area contributed by atoms with Crippen molar-refractivity contribution in [2.24, 2.45) is 0 Å². The molecule has 1 aliphatic heterocycles. The van der Waals surface area contributed by atoms with E-state index >= 15 is 0 Å². The van der Waals surface area contributed by atoms with Crippen LogP contribution in [0, 0.1) is 6.92 Å². The number of hydrogen-bond acceptors (Lipinski definition) is 6. The zero-order chi connectivity index (χ0) is 20.8. The lowest BCUT2D eigenvalue weighted by Gasteiger charge is -2.28. The van der Waals surface area contributed by atoms with Crippen LogP contribution in [0.3, 0.4) is 0 Å². The number of carbonyl (C=O) groups is 1. The minimum absolute atomic E-state index is 0.321. The Morgan fingerprint density at radius 2 is 1.93 bits per heavy atom. The number of unbranched alkanes of at least 4 members (excludes halogenated alkanes) is 3. The lowest BCUT2D eigenvalue weighted by Crippen LogP contribution is -2.29. The number of esters is 1. The maximum atomic E-state index is 12.8. The van der Waals surface area contributed by atoms with Crippen molar-refractivity contribution in [3.05, 3.63) is 46.7 Å².